The Morgan fingerprint density at radius 1 is 1.00 bits per heavy atom. The summed E-state index contributed by atoms with van der Waals surface area (Å²) in [5.41, 5.74) is 1.89. The van der Waals surface area contributed by atoms with Crippen molar-refractivity contribution >= 4 is 34.5 Å². The molecule has 4 amide bonds. The molecule has 2 aliphatic heterocycles. The number of para-hydroxylation sites is 1. The summed E-state index contributed by atoms with van der Waals surface area (Å²) in [6.07, 6.45) is 4.17. The van der Waals surface area contributed by atoms with Gasteiger partial charge in [0, 0.05) is 49.5 Å². The number of nitrogens with zero attached hydrogens (tertiary/aromatic N) is 4. The van der Waals surface area contributed by atoms with Crippen LogP contribution in [-0.4, -0.2) is 73.5 Å². The van der Waals surface area contributed by atoms with E-state index in [1.807, 2.05) is 30.5 Å². The van der Waals surface area contributed by atoms with Crippen LogP contribution in [0.15, 0.2) is 30.5 Å². The van der Waals surface area contributed by atoms with Gasteiger partial charge < -0.3 is 25.8 Å². The summed E-state index contributed by atoms with van der Waals surface area (Å²) in [7, 11) is 0. The van der Waals surface area contributed by atoms with E-state index in [-0.39, 0.29) is 36.0 Å². The average molecular weight is 577 g/mol. The fourth-order valence-electron chi connectivity index (χ4n) is 5.86. The van der Waals surface area contributed by atoms with Crippen molar-refractivity contribution in [3.05, 3.63) is 47.7 Å². The molecule has 2 aromatic heterocycles. The largest absolute Gasteiger partial charge is 0.361 e. The Labute approximate surface area is 245 Å². The van der Waals surface area contributed by atoms with Gasteiger partial charge in [-0.2, -0.15) is 5.10 Å². The lowest BCUT2D eigenvalue weighted by molar-refractivity contribution is -0.135. The van der Waals surface area contributed by atoms with Gasteiger partial charge in [0.15, 0.2) is 0 Å². The second kappa shape index (κ2) is 12.7. The number of amides is 4. The number of aryl methyl sites for hydroxylation is 1. The van der Waals surface area contributed by atoms with Crippen LogP contribution in [-0.2, 0) is 32.1 Å². The number of carbonyl (C=O) groups excluding carboxylic acids is 4. The first kappa shape index (κ1) is 29.3. The zero-order valence-corrected chi connectivity index (χ0v) is 24.5. The fourth-order valence-corrected chi connectivity index (χ4v) is 5.86. The number of hydrogen-bond donors (Lipinski definition) is 4. The first-order chi connectivity index (χ1) is 20.2. The van der Waals surface area contributed by atoms with Gasteiger partial charge >= 0.3 is 0 Å². The molecule has 4 heterocycles. The van der Waals surface area contributed by atoms with Crippen LogP contribution in [0, 0.1) is 12.8 Å². The molecule has 5 rings (SSSR count). The number of rotatable bonds is 5. The lowest BCUT2D eigenvalue weighted by Crippen LogP contribution is -2.50. The summed E-state index contributed by atoms with van der Waals surface area (Å²) in [6, 6.07) is 6.06. The third kappa shape index (κ3) is 6.80. The highest BCUT2D eigenvalue weighted by atomic mass is 16.2. The first-order valence-corrected chi connectivity index (χ1v) is 14.8. The summed E-state index contributed by atoms with van der Waals surface area (Å²) in [6.45, 7) is 7.01. The Kier molecular flexibility index (Phi) is 8.89. The van der Waals surface area contributed by atoms with Gasteiger partial charge in [-0.1, -0.05) is 32.0 Å². The van der Waals surface area contributed by atoms with Gasteiger partial charge in [0.05, 0.1) is 12.6 Å². The van der Waals surface area contributed by atoms with Gasteiger partial charge in [0.2, 0.25) is 23.6 Å². The van der Waals surface area contributed by atoms with Crippen LogP contribution in [0.5, 0.6) is 0 Å². The number of aromatic amines is 1. The quantitative estimate of drug-likeness (QED) is 0.364. The van der Waals surface area contributed by atoms with Crippen molar-refractivity contribution in [3.63, 3.8) is 0 Å². The zero-order valence-electron chi connectivity index (χ0n) is 24.5. The third-order valence-corrected chi connectivity index (χ3v) is 7.91. The predicted octanol–water partition coefficient (Wildman–Crippen LogP) is 1.90. The van der Waals surface area contributed by atoms with E-state index >= 15 is 0 Å². The molecular weight excluding hydrogens is 536 g/mol. The number of benzene rings is 1. The Hall–Kier alpha value is -4.22. The molecule has 3 aromatic rings. The van der Waals surface area contributed by atoms with Crippen molar-refractivity contribution in [1.82, 2.24) is 40.6 Å². The van der Waals surface area contributed by atoms with Crippen LogP contribution < -0.4 is 16.0 Å². The summed E-state index contributed by atoms with van der Waals surface area (Å²) in [4.78, 5) is 61.8. The van der Waals surface area contributed by atoms with E-state index in [2.05, 4.69) is 44.9 Å². The minimum Gasteiger partial charge on any atom is -0.361 e. The number of nitrogens with one attached hydrogen (secondary N) is 4. The van der Waals surface area contributed by atoms with Gasteiger partial charge in [0.25, 0.3) is 0 Å². The normalized spacial score (nSPS) is 22.4. The third-order valence-electron chi connectivity index (χ3n) is 7.91. The monoisotopic (exact) mass is 576 g/mol. The summed E-state index contributed by atoms with van der Waals surface area (Å²) < 4.78 is 1.77. The lowest BCUT2D eigenvalue weighted by Gasteiger charge is -2.28. The van der Waals surface area contributed by atoms with Gasteiger partial charge in [-0.25, -0.2) is 9.67 Å². The first-order valence-electron chi connectivity index (χ1n) is 14.8. The maximum Gasteiger partial charge on any atom is 0.245 e. The second-order valence-corrected chi connectivity index (χ2v) is 11.7. The molecule has 0 saturated carbocycles. The number of fused-ring (bicyclic) bond motifs is 2. The molecule has 12 heteroatoms. The Morgan fingerprint density at radius 2 is 1.79 bits per heavy atom. The van der Waals surface area contributed by atoms with Crippen molar-refractivity contribution in [3.8, 4) is 0 Å². The molecule has 0 aliphatic carbocycles. The second-order valence-electron chi connectivity index (χ2n) is 11.7. The van der Waals surface area contributed by atoms with Gasteiger partial charge in [-0.05, 0) is 43.7 Å². The molecule has 3 atom stereocenters. The van der Waals surface area contributed by atoms with Crippen LogP contribution in [0.3, 0.4) is 0 Å². The average Bonchev–Trinajstić information content (AvgIpc) is 3.67. The highest BCUT2D eigenvalue weighted by Crippen LogP contribution is 2.23. The van der Waals surface area contributed by atoms with E-state index in [0.29, 0.717) is 63.4 Å². The molecule has 0 radical (unpaired) electrons. The highest BCUT2D eigenvalue weighted by Gasteiger charge is 2.32. The number of aromatic nitrogens is 4. The smallest absolute Gasteiger partial charge is 0.245 e. The summed E-state index contributed by atoms with van der Waals surface area (Å²) >= 11 is 0. The van der Waals surface area contributed by atoms with Crippen molar-refractivity contribution in [2.24, 2.45) is 5.92 Å². The Balaban J connectivity index is 1.45. The Bertz CT molecular complexity index is 1460. The van der Waals surface area contributed by atoms with Crippen LogP contribution in [0.1, 0.15) is 69.2 Å². The van der Waals surface area contributed by atoms with E-state index in [1.54, 1.807) is 16.5 Å². The molecule has 12 nitrogen and oxygen atoms in total. The highest BCUT2D eigenvalue weighted by molar-refractivity contribution is 5.91. The number of carbonyl (C=O) groups is 4. The van der Waals surface area contributed by atoms with E-state index < -0.39 is 18.1 Å². The maximum absolute atomic E-state index is 13.8. The SMILES string of the molecule is Cc1nc2n(n1)CCN(C(=O)[C@H]1CCC(=O)N1)CCCC(=O)N[C@H](Cc1c[nH]c3ccccc13)C(=O)N[C@H]2CC(C)C. The molecule has 1 saturated heterocycles. The topological polar surface area (TPSA) is 154 Å². The van der Waals surface area contributed by atoms with Gasteiger partial charge in [-0.15, -0.1) is 0 Å². The molecule has 0 unspecified atom stereocenters. The molecule has 1 fully saturated rings. The Morgan fingerprint density at radius 3 is 2.55 bits per heavy atom. The summed E-state index contributed by atoms with van der Waals surface area (Å²) in [5, 5.41) is 14.5. The fraction of sp³-hybridized carbons (Fsp3) is 0.533. The molecule has 0 spiro atoms. The molecule has 224 valence electrons. The molecule has 4 N–H and O–H groups in total. The van der Waals surface area contributed by atoms with Crippen molar-refractivity contribution in [2.45, 2.75) is 84.0 Å². The van der Waals surface area contributed by atoms with Gasteiger partial charge in [-0.3, -0.25) is 19.2 Å². The minimum atomic E-state index is -0.807. The molecule has 0 bridgehead atoms. The molecule has 1 aromatic carbocycles. The van der Waals surface area contributed by atoms with Crippen molar-refractivity contribution in [2.75, 3.05) is 13.1 Å². The predicted molar refractivity (Wildman–Crippen MR) is 156 cm³/mol. The van der Waals surface area contributed by atoms with Gasteiger partial charge in [0.1, 0.15) is 23.7 Å². The van der Waals surface area contributed by atoms with Crippen LogP contribution in [0.2, 0.25) is 0 Å². The van der Waals surface area contributed by atoms with E-state index in [1.165, 1.54) is 0 Å². The molecule has 2 aliphatic rings. The van der Waals surface area contributed by atoms with Crippen LogP contribution in [0.25, 0.3) is 10.9 Å². The van der Waals surface area contributed by atoms with Crippen LogP contribution in [0.4, 0.5) is 0 Å². The molecular formula is C30H40N8O4. The minimum absolute atomic E-state index is 0.127. The summed E-state index contributed by atoms with van der Waals surface area (Å²) in [5.74, 6) is 0.608. The lowest BCUT2D eigenvalue weighted by atomic mass is 10.0. The number of H-pyrrole nitrogens is 1. The molecule has 42 heavy (non-hydrogen) atoms. The van der Waals surface area contributed by atoms with Crippen LogP contribution >= 0.6 is 0 Å². The number of hydrogen-bond acceptors (Lipinski definition) is 6. The standard InChI is InChI=1S/C30H40N8O4/c1-18(2)15-24-28-32-19(3)36-38(28)14-13-37(30(42)23-10-11-27(40)33-23)12-6-9-26(39)34-25(29(41)35-24)16-20-17-31-22-8-5-4-7-21(20)22/h4-5,7-8,17-18,23-25,31H,6,9-16H2,1-3H3,(H,33,40)(H,34,39)(H,35,41)/t23-,24+,25-/m1/s1. The van der Waals surface area contributed by atoms with E-state index in [9.17, 15) is 19.2 Å². The van der Waals surface area contributed by atoms with E-state index in [4.69, 9.17) is 0 Å². The van der Waals surface area contributed by atoms with E-state index in [0.717, 1.165) is 16.5 Å². The maximum atomic E-state index is 13.8. The zero-order chi connectivity index (χ0) is 29.8. The van der Waals surface area contributed by atoms with Crippen molar-refractivity contribution < 1.29 is 19.2 Å². The van der Waals surface area contributed by atoms with Crippen molar-refractivity contribution in [1.29, 1.82) is 0 Å².